The first-order valence-electron chi connectivity index (χ1n) is 18.3. The molecule has 3 aliphatic heterocycles. The summed E-state index contributed by atoms with van der Waals surface area (Å²) in [5.41, 5.74) is 3.53. The SMILES string of the molecule is C=CCC(NC(=O)[C@@H]1C[C@@H]2CN1C(=O)[C@H](C(C)C)NCCCCCCCc1cccc3c1CN(C3)C(=O)O2)C(=O)NS(=O)(=O)C1CC1.O=C(O)C(F)(F)F. The Morgan fingerprint density at radius 3 is 2.35 bits per heavy atom. The minimum absolute atomic E-state index is 0.00940. The number of fused-ring (bicyclic) bond motifs is 3. The Morgan fingerprint density at radius 1 is 1.07 bits per heavy atom. The fraction of sp³-hybridized carbons (Fsp3) is 0.639. The summed E-state index contributed by atoms with van der Waals surface area (Å²) < 4.78 is 64.7. The molecule has 14 nitrogen and oxygen atoms in total. The number of aliphatic carboxylic acids is 1. The lowest BCUT2D eigenvalue weighted by molar-refractivity contribution is -0.192. The second-order valence-corrected chi connectivity index (χ2v) is 16.4. The van der Waals surface area contributed by atoms with Crippen LogP contribution in [0.2, 0.25) is 0 Å². The van der Waals surface area contributed by atoms with E-state index in [2.05, 4.69) is 28.0 Å². The van der Waals surface area contributed by atoms with Crippen LogP contribution in [0, 0.1) is 5.92 Å². The average molecular weight is 786 g/mol. The topological polar surface area (TPSA) is 192 Å². The maximum Gasteiger partial charge on any atom is 0.490 e. The number of aryl methyl sites for hydroxylation is 1. The first kappa shape index (κ1) is 42.6. The van der Waals surface area contributed by atoms with Gasteiger partial charge in [-0.15, -0.1) is 6.58 Å². The highest BCUT2D eigenvalue weighted by molar-refractivity contribution is 7.90. The molecule has 1 saturated heterocycles. The molecule has 2 fully saturated rings. The van der Waals surface area contributed by atoms with Gasteiger partial charge in [0.15, 0.2) is 0 Å². The number of hydrogen-bond donors (Lipinski definition) is 4. The fourth-order valence-electron chi connectivity index (χ4n) is 6.80. The molecule has 1 aromatic carbocycles. The van der Waals surface area contributed by atoms with Crippen molar-refractivity contribution >= 4 is 39.8 Å². The van der Waals surface area contributed by atoms with Gasteiger partial charge in [-0.05, 0) is 67.7 Å². The number of halogens is 3. The molecule has 1 aromatic rings. The van der Waals surface area contributed by atoms with Crippen LogP contribution < -0.4 is 15.4 Å². The van der Waals surface area contributed by atoms with Crippen molar-refractivity contribution in [2.75, 3.05) is 13.1 Å². The van der Waals surface area contributed by atoms with E-state index in [-0.39, 0.29) is 31.2 Å². The molecule has 4 amide bonds. The van der Waals surface area contributed by atoms with Gasteiger partial charge in [0.05, 0.1) is 17.8 Å². The summed E-state index contributed by atoms with van der Waals surface area (Å²) in [7, 11) is -3.83. The average Bonchev–Trinajstić information content (AvgIpc) is 3.74. The van der Waals surface area contributed by atoms with Crippen molar-refractivity contribution in [3.05, 3.63) is 47.5 Å². The summed E-state index contributed by atoms with van der Waals surface area (Å²) >= 11 is 0. The van der Waals surface area contributed by atoms with E-state index in [0.29, 0.717) is 32.5 Å². The van der Waals surface area contributed by atoms with Crippen LogP contribution in [0.1, 0.15) is 88.3 Å². The third kappa shape index (κ3) is 11.4. The maximum atomic E-state index is 14.1. The van der Waals surface area contributed by atoms with Crippen LogP contribution in [0.15, 0.2) is 30.9 Å². The molecule has 3 heterocycles. The van der Waals surface area contributed by atoms with Gasteiger partial charge in [-0.2, -0.15) is 13.2 Å². The van der Waals surface area contributed by atoms with Crippen molar-refractivity contribution in [1.82, 2.24) is 25.2 Å². The zero-order chi connectivity index (χ0) is 39.8. The quantitative estimate of drug-likeness (QED) is 0.284. The molecule has 4 N–H and O–H groups in total. The Hall–Kier alpha value is -4.19. The van der Waals surface area contributed by atoms with E-state index in [4.69, 9.17) is 14.6 Å². The zero-order valence-electron chi connectivity index (χ0n) is 30.5. The Labute approximate surface area is 313 Å². The van der Waals surface area contributed by atoms with Crippen molar-refractivity contribution in [3.8, 4) is 0 Å². The number of sulfonamides is 1. The number of hydrogen-bond acceptors (Lipinski definition) is 9. The lowest BCUT2D eigenvalue weighted by Crippen LogP contribution is -2.57. The highest BCUT2D eigenvalue weighted by atomic mass is 32.2. The highest BCUT2D eigenvalue weighted by Gasteiger charge is 2.45. The standard InChI is InChI=1S/C34H49N5O7S.C2HF3O2/c1-4-11-28(31(40)37-47(44,45)26-15-16-26)36-32(41)29-18-25-20-39(29)33(42)30(22(2)3)35-17-9-7-5-6-8-12-23-13-10-14-24-19-38(21-27(23)24)34(43)46-25;3-2(4,5)1(6)7/h4,10,13-14,22,25-26,28-30,35H,1,5-9,11-12,15-21H2,2-3H3,(H,36,41)(H,37,40);(H,6,7)/t25-,28?,29+,30+;/m1./s1. The first-order valence-corrected chi connectivity index (χ1v) is 19.8. The molecule has 18 heteroatoms. The monoisotopic (exact) mass is 785 g/mol. The predicted molar refractivity (Wildman–Crippen MR) is 190 cm³/mol. The van der Waals surface area contributed by atoms with Gasteiger partial charge in [0.1, 0.15) is 18.2 Å². The minimum atomic E-state index is -5.08. The largest absolute Gasteiger partial charge is 0.490 e. The Bertz CT molecular complexity index is 1670. The number of carbonyl (C=O) groups is 5. The smallest absolute Gasteiger partial charge is 0.475 e. The number of nitrogens with one attached hydrogen (secondary N) is 3. The minimum Gasteiger partial charge on any atom is -0.475 e. The van der Waals surface area contributed by atoms with E-state index in [9.17, 15) is 40.8 Å². The summed E-state index contributed by atoms with van der Waals surface area (Å²) in [6.45, 7) is 9.09. The third-order valence-electron chi connectivity index (χ3n) is 9.86. The number of carboxylic acids is 1. The molecule has 0 radical (unpaired) electrons. The summed E-state index contributed by atoms with van der Waals surface area (Å²) in [5.74, 6) is -4.59. The number of ether oxygens (including phenoxy) is 1. The molecule has 0 spiro atoms. The Kier molecular flexibility index (Phi) is 14.5. The second kappa shape index (κ2) is 18.4. The van der Waals surface area contributed by atoms with Crippen LogP contribution in [-0.2, 0) is 53.4 Å². The number of rotatable bonds is 8. The molecule has 5 rings (SSSR count). The predicted octanol–water partition coefficient (Wildman–Crippen LogP) is 3.53. The van der Waals surface area contributed by atoms with Crippen LogP contribution in [0.25, 0.3) is 0 Å². The Balaban J connectivity index is 0.000000845. The van der Waals surface area contributed by atoms with E-state index in [1.807, 2.05) is 26.0 Å². The zero-order valence-corrected chi connectivity index (χ0v) is 31.3. The lowest BCUT2D eigenvalue weighted by atomic mass is 9.98. The van der Waals surface area contributed by atoms with Crippen molar-refractivity contribution in [1.29, 1.82) is 0 Å². The number of amides is 4. The molecule has 300 valence electrons. The summed E-state index contributed by atoms with van der Waals surface area (Å²) in [6, 6.07) is 3.41. The molecule has 1 unspecified atom stereocenters. The van der Waals surface area contributed by atoms with Crippen molar-refractivity contribution in [2.45, 2.75) is 127 Å². The molecule has 1 saturated carbocycles. The molecule has 1 aliphatic carbocycles. The van der Waals surface area contributed by atoms with E-state index in [1.165, 1.54) is 22.1 Å². The molecule has 0 aromatic heterocycles. The third-order valence-corrected chi connectivity index (χ3v) is 11.7. The molecule has 4 atom stereocenters. The fourth-order valence-corrected chi connectivity index (χ4v) is 8.15. The van der Waals surface area contributed by atoms with Crippen LogP contribution in [0.5, 0.6) is 0 Å². The van der Waals surface area contributed by atoms with E-state index in [1.54, 1.807) is 4.90 Å². The summed E-state index contributed by atoms with van der Waals surface area (Å²) in [5, 5.41) is 12.6. The van der Waals surface area contributed by atoms with Crippen LogP contribution in [0.3, 0.4) is 0 Å². The van der Waals surface area contributed by atoms with E-state index >= 15 is 0 Å². The number of benzene rings is 1. The normalized spacial score (nSPS) is 23.2. The van der Waals surface area contributed by atoms with Crippen molar-refractivity contribution < 1.29 is 55.4 Å². The van der Waals surface area contributed by atoms with Gasteiger partial charge in [0, 0.05) is 19.5 Å². The summed E-state index contributed by atoms with van der Waals surface area (Å²) in [4.78, 5) is 66.4. The maximum absolute atomic E-state index is 14.1. The van der Waals surface area contributed by atoms with Crippen molar-refractivity contribution in [2.24, 2.45) is 5.92 Å². The van der Waals surface area contributed by atoms with Gasteiger partial charge in [-0.3, -0.25) is 24.0 Å². The van der Waals surface area contributed by atoms with E-state index < -0.39 is 69.6 Å². The molecule has 4 aliphatic rings. The summed E-state index contributed by atoms with van der Waals surface area (Å²) in [6.07, 6.45) is 2.27. The number of carboxylic acid groups (broad SMARTS) is 1. The van der Waals surface area contributed by atoms with Gasteiger partial charge >= 0.3 is 18.2 Å². The number of carbonyl (C=O) groups excluding carboxylic acids is 4. The molecule has 54 heavy (non-hydrogen) atoms. The van der Waals surface area contributed by atoms with Crippen molar-refractivity contribution in [3.63, 3.8) is 0 Å². The van der Waals surface area contributed by atoms with Crippen LogP contribution in [0.4, 0.5) is 18.0 Å². The van der Waals surface area contributed by atoms with Crippen LogP contribution >= 0.6 is 0 Å². The van der Waals surface area contributed by atoms with Gasteiger partial charge in [0.2, 0.25) is 21.8 Å². The number of nitrogens with zero attached hydrogens (tertiary/aromatic N) is 2. The molecular formula is C36H50F3N5O9S. The highest BCUT2D eigenvalue weighted by Crippen LogP contribution is 2.30. The van der Waals surface area contributed by atoms with Gasteiger partial charge in [-0.1, -0.05) is 57.4 Å². The van der Waals surface area contributed by atoms with Gasteiger partial charge < -0.3 is 25.4 Å². The molecule has 4 bridgehead atoms. The van der Waals surface area contributed by atoms with Gasteiger partial charge in [-0.25, -0.2) is 18.0 Å². The molecular weight excluding hydrogens is 735 g/mol. The second-order valence-electron chi connectivity index (χ2n) is 14.5. The van der Waals surface area contributed by atoms with Crippen LogP contribution in [-0.4, -0.2) is 102 Å². The van der Waals surface area contributed by atoms with Gasteiger partial charge in [0.25, 0.3) is 5.91 Å². The number of alkyl halides is 3. The lowest BCUT2D eigenvalue weighted by Gasteiger charge is -2.31. The Morgan fingerprint density at radius 2 is 1.72 bits per heavy atom. The van der Waals surface area contributed by atoms with E-state index in [0.717, 1.165) is 44.1 Å². The first-order chi connectivity index (χ1) is 25.4.